The molecule has 9 nitrogen and oxygen atoms in total. The van der Waals surface area contributed by atoms with Crippen molar-refractivity contribution in [2.45, 2.75) is 51.2 Å². The fourth-order valence-corrected chi connectivity index (χ4v) is 4.01. The third-order valence-corrected chi connectivity index (χ3v) is 5.79. The van der Waals surface area contributed by atoms with Crippen LogP contribution in [0.15, 0.2) is 55.0 Å². The number of urea groups is 1. The lowest BCUT2D eigenvalue weighted by Gasteiger charge is -2.32. The number of pyridine rings is 1. The smallest absolute Gasteiger partial charge is 0.320 e. The van der Waals surface area contributed by atoms with E-state index < -0.39 is 0 Å². The largest absolute Gasteiger partial charge is 0.484 e. The van der Waals surface area contributed by atoms with Crippen molar-refractivity contribution in [3.8, 4) is 5.75 Å². The lowest BCUT2D eigenvalue weighted by Crippen LogP contribution is -2.36. The number of aromatic nitrogens is 3. The average Bonchev–Trinajstić information content (AvgIpc) is 2.81. The molecule has 0 aliphatic heterocycles. The summed E-state index contributed by atoms with van der Waals surface area (Å²) in [6.45, 7) is 6.17. The molecule has 4 rings (SSSR count). The molecule has 4 N–H and O–H groups in total. The maximum absolute atomic E-state index is 12.8. The highest BCUT2D eigenvalue weighted by Gasteiger charge is 2.29. The van der Waals surface area contributed by atoms with E-state index in [1.165, 1.54) is 10.9 Å². The van der Waals surface area contributed by atoms with Gasteiger partial charge >= 0.3 is 6.03 Å². The number of nitrogens with zero attached hydrogens (tertiary/aromatic N) is 3. The number of carbonyl (C=O) groups is 1. The Bertz CT molecular complexity index is 1260. The molecule has 1 aliphatic carbocycles. The molecule has 0 radical (unpaired) electrons. The lowest BCUT2D eigenvalue weighted by atomic mass is 9.85. The Morgan fingerprint density at radius 2 is 1.91 bits per heavy atom. The van der Waals surface area contributed by atoms with Gasteiger partial charge in [0.1, 0.15) is 29.5 Å². The zero-order valence-corrected chi connectivity index (χ0v) is 19.5. The predicted molar refractivity (Wildman–Crippen MR) is 129 cm³/mol. The van der Waals surface area contributed by atoms with Crippen LogP contribution < -0.4 is 20.9 Å². The molecule has 34 heavy (non-hydrogen) atoms. The molecule has 2 atom stereocenters. The number of benzene rings is 1. The van der Waals surface area contributed by atoms with Gasteiger partial charge in [0.15, 0.2) is 0 Å². The van der Waals surface area contributed by atoms with Gasteiger partial charge in [-0.05, 0) is 36.1 Å². The summed E-state index contributed by atoms with van der Waals surface area (Å²) >= 11 is 0. The van der Waals surface area contributed by atoms with Crippen LogP contribution >= 0.6 is 0 Å². The van der Waals surface area contributed by atoms with Crippen LogP contribution in [0.25, 0.3) is 0 Å². The first kappa shape index (κ1) is 23.2. The number of hydrogen-bond acceptors (Lipinski definition) is 6. The summed E-state index contributed by atoms with van der Waals surface area (Å²) in [6, 6.07) is 12.6. The monoisotopic (exact) mass is 459 g/mol. The fraction of sp³-hybridized carbons (Fsp3) is 0.320. The Balaban J connectivity index is 1.48. The number of fused-ring (bicyclic) bond motifs is 1. The SMILES string of the molecule is CC(C)(C)c1cc(NC(=O)NC2CCC(Oc3ccc(=N)n(C=N)c3)c3ccccc32)ncn1. The van der Waals surface area contributed by atoms with Crippen molar-refractivity contribution < 1.29 is 9.53 Å². The Kier molecular flexibility index (Phi) is 6.45. The van der Waals surface area contributed by atoms with E-state index in [1.54, 1.807) is 24.4 Å². The number of rotatable bonds is 5. The molecule has 2 heterocycles. The van der Waals surface area contributed by atoms with E-state index in [4.69, 9.17) is 15.6 Å². The van der Waals surface area contributed by atoms with Gasteiger partial charge in [-0.3, -0.25) is 20.7 Å². The molecule has 3 aromatic rings. The van der Waals surface area contributed by atoms with Crippen molar-refractivity contribution >= 4 is 18.2 Å². The minimum absolute atomic E-state index is 0.147. The minimum Gasteiger partial charge on any atom is -0.484 e. The molecular formula is C25H29N7O2. The molecule has 0 bridgehead atoms. The zero-order chi connectivity index (χ0) is 24.3. The van der Waals surface area contributed by atoms with Crippen molar-refractivity contribution in [2.24, 2.45) is 0 Å². The van der Waals surface area contributed by atoms with Gasteiger partial charge in [-0.25, -0.2) is 14.8 Å². The van der Waals surface area contributed by atoms with Crippen LogP contribution in [-0.2, 0) is 5.41 Å². The molecule has 9 heteroatoms. The van der Waals surface area contributed by atoms with Gasteiger partial charge in [0.25, 0.3) is 0 Å². The zero-order valence-electron chi connectivity index (χ0n) is 19.5. The van der Waals surface area contributed by atoms with Gasteiger partial charge in [-0.2, -0.15) is 0 Å². The van der Waals surface area contributed by atoms with E-state index in [1.807, 2.05) is 24.3 Å². The lowest BCUT2D eigenvalue weighted by molar-refractivity contribution is 0.171. The van der Waals surface area contributed by atoms with Gasteiger partial charge in [0.2, 0.25) is 0 Å². The summed E-state index contributed by atoms with van der Waals surface area (Å²) in [5.74, 6) is 1.04. The highest BCUT2D eigenvalue weighted by molar-refractivity contribution is 5.88. The van der Waals surface area contributed by atoms with Crippen LogP contribution in [0, 0.1) is 10.8 Å². The Labute approximate surface area is 198 Å². The Morgan fingerprint density at radius 3 is 2.65 bits per heavy atom. The molecule has 1 aromatic carbocycles. The summed E-state index contributed by atoms with van der Waals surface area (Å²) < 4.78 is 7.61. The normalized spacial score (nSPS) is 17.4. The summed E-state index contributed by atoms with van der Waals surface area (Å²) in [5.41, 5.74) is 2.92. The molecule has 2 aromatic heterocycles. The van der Waals surface area contributed by atoms with Gasteiger partial charge in [0, 0.05) is 11.5 Å². The van der Waals surface area contributed by atoms with Crippen molar-refractivity contribution in [2.75, 3.05) is 5.32 Å². The highest BCUT2D eigenvalue weighted by Crippen LogP contribution is 2.38. The van der Waals surface area contributed by atoms with Crippen LogP contribution in [0.3, 0.4) is 0 Å². The van der Waals surface area contributed by atoms with Crippen LogP contribution in [0.4, 0.5) is 10.6 Å². The molecular weight excluding hydrogens is 430 g/mol. The van der Waals surface area contributed by atoms with Gasteiger partial charge < -0.3 is 10.1 Å². The van der Waals surface area contributed by atoms with Crippen molar-refractivity contribution in [1.29, 1.82) is 10.8 Å². The number of amides is 2. The number of ether oxygens (including phenoxy) is 1. The van der Waals surface area contributed by atoms with Crippen molar-refractivity contribution in [3.63, 3.8) is 0 Å². The van der Waals surface area contributed by atoms with E-state index in [-0.39, 0.29) is 29.1 Å². The van der Waals surface area contributed by atoms with Crippen molar-refractivity contribution in [3.05, 3.63) is 77.3 Å². The summed E-state index contributed by atoms with van der Waals surface area (Å²) in [5, 5.41) is 21.2. The molecule has 0 saturated heterocycles. The topological polar surface area (TPSA) is 129 Å². The quantitative estimate of drug-likeness (QED) is 0.335. The summed E-state index contributed by atoms with van der Waals surface area (Å²) in [6.07, 6.45) is 5.38. The molecule has 176 valence electrons. The minimum atomic E-state index is -0.323. The first-order chi connectivity index (χ1) is 16.2. The molecule has 0 spiro atoms. The second kappa shape index (κ2) is 9.46. The van der Waals surface area contributed by atoms with Gasteiger partial charge in [-0.15, -0.1) is 0 Å². The van der Waals surface area contributed by atoms with E-state index in [9.17, 15) is 4.79 Å². The summed E-state index contributed by atoms with van der Waals surface area (Å²) in [7, 11) is 0. The van der Waals surface area contributed by atoms with Gasteiger partial charge in [-0.1, -0.05) is 45.0 Å². The van der Waals surface area contributed by atoms with E-state index >= 15 is 0 Å². The van der Waals surface area contributed by atoms with Crippen LogP contribution in [0.1, 0.15) is 62.6 Å². The number of nitrogens with one attached hydrogen (secondary N) is 4. The molecule has 0 saturated carbocycles. The number of anilines is 1. The first-order valence-electron chi connectivity index (χ1n) is 11.2. The first-order valence-corrected chi connectivity index (χ1v) is 11.2. The van der Waals surface area contributed by atoms with Crippen LogP contribution in [0.5, 0.6) is 5.75 Å². The maximum Gasteiger partial charge on any atom is 0.320 e. The average molecular weight is 460 g/mol. The van der Waals surface area contributed by atoms with E-state index in [0.717, 1.165) is 23.2 Å². The van der Waals surface area contributed by atoms with Crippen molar-refractivity contribution in [1.82, 2.24) is 19.9 Å². The standard InChI is InChI=1S/C25H29N7O2/c1-25(2,3)21-12-23(29-15-28-21)31-24(33)30-19-9-10-20(18-7-5-4-6-17(18)19)34-16-8-11-22(27)32(13-16)14-26/h4-8,11-15,19-20,26-27H,9-10H2,1-3H3,(H2,28,29,30,31,33). The van der Waals surface area contributed by atoms with E-state index in [0.29, 0.717) is 24.4 Å². The Morgan fingerprint density at radius 1 is 1.15 bits per heavy atom. The van der Waals surface area contributed by atoms with Crippen LogP contribution in [-0.4, -0.2) is 26.9 Å². The highest BCUT2D eigenvalue weighted by atomic mass is 16.5. The molecule has 1 aliphatic rings. The Hall–Kier alpha value is -4.01. The summed E-state index contributed by atoms with van der Waals surface area (Å²) in [4.78, 5) is 21.2. The molecule has 0 fully saturated rings. The molecule has 2 unspecified atom stereocenters. The third-order valence-electron chi connectivity index (χ3n) is 5.79. The maximum atomic E-state index is 12.8. The fourth-order valence-electron chi connectivity index (χ4n) is 4.01. The van der Waals surface area contributed by atoms with Crippen LogP contribution in [0.2, 0.25) is 0 Å². The second-order valence-electron chi connectivity index (χ2n) is 9.29. The number of carbonyl (C=O) groups excluding carboxylic acids is 1. The number of hydrogen-bond donors (Lipinski definition) is 4. The van der Waals surface area contributed by atoms with E-state index in [2.05, 4.69) is 41.4 Å². The predicted octanol–water partition coefficient (Wildman–Crippen LogP) is 4.29. The van der Waals surface area contributed by atoms with Gasteiger partial charge in [0.05, 0.1) is 24.3 Å². The third kappa shape index (κ3) is 5.14. The second-order valence-corrected chi connectivity index (χ2v) is 9.29. The molecule has 2 amide bonds.